The van der Waals surface area contributed by atoms with Gasteiger partial charge in [-0.2, -0.15) is 0 Å². The molecule has 0 fully saturated rings. The van der Waals surface area contributed by atoms with E-state index in [1.807, 2.05) is 84.9 Å². The van der Waals surface area contributed by atoms with Gasteiger partial charge in [0.2, 0.25) is 0 Å². The summed E-state index contributed by atoms with van der Waals surface area (Å²) in [4.78, 5) is 30.1. The lowest BCUT2D eigenvalue weighted by molar-refractivity contribution is -0.129. The van der Waals surface area contributed by atoms with E-state index in [0.717, 1.165) is 11.1 Å². The number of rotatable bonds is 6. The summed E-state index contributed by atoms with van der Waals surface area (Å²) in [6.45, 7) is 1.94. The van der Waals surface area contributed by atoms with Crippen LogP contribution < -0.4 is 5.32 Å². The van der Waals surface area contributed by atoms with Crippen molar-refractivity contribution in [2.24, 2.45) is 0 Å². The van der Waals surface area contributed by atoms with Crippen LogP contribution >= 0.6 is 0 Å². The lowest BCUT2D eigenvalue weighted by Crippen LogP contribution is -2.35. The van der Waals surface area contributed by atoms with Crippen LogP contribution in [0.25, 0.3) is 22.2 Å². The van der Waals surface area contributed by atoms with Crippen molar-refractivity contribution in [2.75, 3.05) is 0 Å². The molecule has 31 heavy (non-hydrogen) atoms. The molecule has 4 rings (SSSR count). The molecule has 0 radical (unpaired) electrons. The Morgan fingerprint density at radius 1 is 0.903 bits per heavy atom. The Kier molecular flexibility index (Phi) is 6.03. The van der Waals surface area contributed by atoms with Crippen molar-refractivity contribution in [3.8, 4) is 11.3 Å². The number of amides is 1. The molecule has 0 aliphatic heterocycles. The minimum Gasteiger partial charge on any atom is -0.449 e. The molecule has 3 aromatic carbocycles. The number of para-hydroxylation sites is 1. The van der Waals surface area contributed by atoms with Crippen LogP contribution in [0.3, 0.4) is 0 Å². The fraction of sp³-hybridized carbons (Fsp3) is 0.115. The monoisotopic (exact) mass is 410 g/mol. The molecule has 0 saturated heterocycles. The third kappa shape index (κ3) is 4.78. The first-order valence-electron chi connectivity index (χ1n) is 10.1. The van der Waals surface area contributed by atoms with Crippen LogP contribution in [0.2, 0.25) is 0 Å². The molecule has 4 aromatic rings. The van der Waals surface area contributed by atoms with Gasteiger partial charge in [-0.15, -0.1) is 0 Å². The molecule has 5 heteroatoms. The third-order valence-electron chi connectivity index (χ3n) is 4.97. The van der Waals surface area contributed by atoms with Crippen LogP contribution in [-0.4, -0.2) is 23.0 Å². The Hall–Kier alpha value is -3.99. The Morgan fingerprint density at radius 2 is 1.55 bits per heavy atom. The van der Waals surface area contributed by atoms with Gasteiger partial charge in [0.25, 0.3) is 5.91 Å². The van der Waals surface area contributed by atoms with Gasteiger partial charge >= 0.3 is 5.97 Å². The van der Waals surface area contributed by atoms with E-state index in [4.69, 9.17) is 4.74 Å². The molecule has 1 atom stereocenters. The smallest absolute Gasteiger partial charge is 0.339 e. The number of nitrogens with zero attached hydrogens (tertiary/aromatic N) is 1. The molecular formula is C26H22N2O3. The predicted octanol–water partition coefficient (Wildman–Crippen LogP) is 4.76. The summed E-state index contributed by atoms with van der Waals surface area (Å²) < 4.78 is 5.51. The summed E-state index contributed by atoms with van der Waals surface area (Å²) in [7, 11) is 0. The van der Waals surface area contributed by atoms with Crippen LogP contribution in [0.5, 0.6) is 0 Å². The maximum Gasteiger partial charge on any atom is 0.339 e. The van der Waals surface area contributed by atoms with Gasteiger partial charge in [-0.1, -0.05) is 78.9 Å². The van der Waals surface area contributed by atoms with Crippen LogP contribution in [-0.2, 0) is 16.1 Å². The standard InChI is InChI=1S/C26H22N2O3/c1-18(25(29)27-17-19-10-4-2-5-11-19)31-26(30)22-16-24(20-12-6-3-7-13-20)28-23-15-9-8-14-21(22)23/h2-16,18H,17H2,1H3,(H,27,29)/t18-/m1/s1. The summed E-state index contributed by atoms with van der Waals surface area (Å²) in [5.74, 6) is -0.906. The Labute approximate surface area is 180 Å². The average molecular weight is 410 g/mol. The van der Waals surface area contributed by atoms with Crippen molar-refractivity contribution in [3.05, 3.63) is 102 Å². The van der Waals surface area contributed by atoms with E-state index in [2.05, 4.69) is 10.3 Å². The molecular weight excluding hydrogens is 388 g/mol. The molecule has 0 spiro atoms. The maximum atomic E-state index is 13.0. The van der Waals surface area contributed by atoms with Gasteiger partial charge < -0.3 is 10.1 Å². The molecule has 0 saturated carbocycles. The summed E-state index contributed by atoms with van der Waals surface area (Å²) in [6, 6.07) is 28.3. The number of fused-ring (bicyclic) bond motifs is 1. The van der Waals surface area contributed by atoms with Crippen LogP contribution in [0.15, 0.2) is 91.0 Å². The van der Waals surface area contributed by atoms with Crippen molar-refractivity contribution in [1.82, 2.24) is 10.3 Å². The second-order valence-electron chi connectivity index (χ2n) is 7.19. The summed E-state index contributed by atoms with van der Waals surface area (Å²) in [5.41, 5.74) is 3.62. The second kappa shape index (κ2) is 9.22. The molecule has 0 aliphatic carbocycles. The molecule has 1 aromatic heterocycles. The van der Waals surface area contributed by atoms with Crippen LogP contribution in [0.4, 0.5) is 0 Å². The fourth-order valence-electron chi connectivity index (χ4n) is 3.31. The van der Waals surface area contributed by atoms with E-state index in [1.165, 1.54) is 0 Å². The lowest BCUT2D eigenvalue weighted by atomic mass is 10.0. The zero-order chi connectivity index (χ0) is 21.6. The largest absolute Gasteiger partial charge is 0.449 e. The highest BCUT2D eigenvalue weighted by molar-refractivity contribution is 6.05. The molecule has 154 valence electrons. The number of aromatic nitrogens is 1. The Bertz CT molecular complexity index is 1210. The van der Waals surface area contributed by atoms with Crippen molar-refractivity contribution in [1.29, 1.82) is 0 Å². The first-order chi connectivity index (χ1) is 15.1. The number of hydrogen-bond donors (Lipinski definition) is 1. The van der Waals surface area contributed by atoms with E-state index in [1.54, 1.807) is 13.0 Å². The van der Waals surface area contributed by atoms with Crippen LogP contribution in [0.1, 0.15) is 22.8 Å². The number of ether oxygens (including phenoxy) is 1. The molecule has 0 aliphatic rings. The van der Waals surface area contributed by atoms with Gasteiger partial charge in [0.15, 0.2) is 6.10 Å². The zero-order valence-electron chi connectivity index (χ0n) is 17.1. The molecule has 1 amide bonds. The Balaban J connectivity index is 1.54. The molecule has 5 nitrogen and oxygen atoms in total. The molecule has 1 N–H and O–H groups in total. The summed E-state index contributed by atoms with van der Waals surface area (Å²) in [5, 5.41) is 3.49. The van der Waals surface area contributed by atoms with Gasteiger partial charge in [0.1, 0.15) is 0 Å². The van der Waals surface area contributed by atoms with E-state index >= 15 is 0 Å². The van der Waals surface area contributed by atoms with Gasteiger partial charge in [-0.05, 0) is 24.6 Å². The zero-order valence-corrected chi connectivity index (χ0v) is 17.1. The lowest BCUT2D eigenvalue weighted by Gasteiger charge is -2.15. The first-order valence-corrected chi connectivity index (χ1v) is 10.1. The maximum absolute atomic E-state index is 13.0. The highest BCUT2D eigenvalue weighted by Gasteiger charge is 2.21. The average Bonchev–Trinajstić information content (AvgIpc) is 2.83. The van der Waals surface area contributed by atoms with E-state index in [9.17, 15) is 9.59 Å². The molecule has 1 heterocycles. The van der Waals surface area contributed by atoms with Gasteiger partial charge in [0, 0.05) is 17.5 Å². The summed E-state index contributed by atoms with van der Waals surface area (Å²) >= 11 is 0. The second-order valence-corrected chi connectivity index (χ2v) is 7.19. The SMILES string of the molecule is C[C@@H](OC(=O)c1cc(-c2ccccc2)nc2ccccc12)C(=O)NCc1ccccc1. The van der Waals surface area contributed by atoms with Gasteiger partial charge in [0.05, 0.1) is 16.8 Å². The van der Waals surface area contributed by atoms with Crippen molar-refractivity contribution in [2.45, 2.75) is 19.6 Å². The van der Waals surface area contributed by atoms with E-state index in [-0.39, 0.29) is 5.91 Å². The third-order valence-corrected chi connectivity index (χ3v) is 4.97. The fourth-order valence-corrected chi connectivity index (χ4v) is 3.31. The number of benzene rings is 3. The van der Waals surface area contributed by atoms with E-state index < -0.39 is 12.1 Å². The topological polar surface area (TPSA) is 68.3 Å². The number of hydrogen-bond acceptors (Lipinski definition) is 4. The number of pyridine rings is 1. The van der Waals surface area contributed by atoms with Gasteiger partial charge in [-0.3, -0.25) is 4.79 Å². The van der Waals surface area contributed by atoms with Crippen LogP contribution in [0, 0.1) is 0 Å². The number of nitrogens with one attached hydrogen (secondary N) is 1. The van der Waals surface area contributed by atoms with Crippen molar-refractivity contribution >= 4 is 22.8 Å². The number of carbonyl (C=O) groups excluding carboxylic acids is 2. The normalized spacial score (nSPS) is 11.6. The minimum atomic E-state index is -0.927. The molecule has 0 bridgehead atoms. The van der Waals surface area contributed by atoms with Gasteiger partial charge in [-0.25, -0.2) is 9.78 Å². The highest BCUT2D eigenvalue weighted by Crippen LogP contribution is 2.25. The van der Waals surface area contributed by atoms with E-state index in [0.29, 0.717) is 28.7 Å². The number of carbonyl (C=O) groups is 2. The van der Waals surface area contributed by atoms with Crippen molar-refractivity contribution in [3.63, 3.8) is 0 Å². The first kappa shape index (κ1) is 20.3. The predicted molar refractivity (Wildman–Crippen MR) is 120 cm³/mol. The molecule has 0 unspecified atom stereocenters. The number of esters is 1. The highest BCUT2D eigenvalue weighted by atomic mass is 16.5. The Morgan fingerprint density at radius 3 is 2.29 bits per heavy atom. The van der Waals surface area contributed by atoms with Crippen molar-refractivity contribution < 1.29 is 14.3 Å². The quantitative estimate of drug-likeness (QED) is 0.465. The summed E-state index contributed by atoms with van der Waals surface area (Å²) in [6.07, 6.45) is -0.927. The minimum absolute atomic E-state index is 0.348.